The van der Waals surface area contributed by atoms with Gasteiger partial charge in [0.1, 0.15) is 23.0 Å². The second kappa shape index (κ2) is 9.48. The average molecular weight is 614 g/mol. The maximum Gasteiger partial charge on any atom is 0.197 e. The van der Waals surface area contributed by atoms with Crippen LogP contribution >= 0.6 is 0 Å². The topological polar surface area (TPSA) is 21.7 Å². The van der Waals surface area contributed by atoms with E-state index >= 15 is 0 Å². The number of hydrogen-bond donors (Lipinski definition) is 0. The first-order valence-corrected chi connectivity index (χ1v) is 18.1. The highest BCUT2D eigenvalue weighted by Gasteiger charge is 2.54. The summed E-state index contributed by atoms with van der Waals surface area (Å²) in [5, 5.41) is 5.04. The zero-order valence-electron chi connectivity index (χ0n) is 26.8. The first kappa shape index (κ1) is 27.3. The molecule has 6 aromatic carbocycles. The van der Waals surface area contributed by atoms with E-state index in [9.17, 15) is 0 Å². The third-order valence-electron chi connectivity index (χ3n) is 10.3. The van der Waals surface area contributed by atoms with Crippen LogP contribution in [0.4, 0.5) is 17.1 Å². The Morgan fingerprint density at radius 2 is 1.00 bits per heavy atom. The summed E-state index contributed by atoms with van der Waals surface area (Å²) in [7, 11) is -2.80. The van der Waals surface area contributed by atoms with E-state index in [1.54, 1.807) is 0 Å². The van der Waals surface area contributed by atoms with Gasteiger partial charge in [0.2, 0.25) is 0 Å². The first-order valence-electron chi connectivity index (χ1n) is 16.1. The van der Waals surface area contributed by atoms with E-state index in [0.717, 1.165) is 28.7 Å². The molecule has 3 heterocycles. The van der Waals surface area contributed by atoms with E-state index in [4.69, 9.17) is 9.47 Å². The molecular weight excluding hydrogens is 579 g/mol. The lowest BCUT2D eigenvalue weighted by molar-refractivity contribution is 0.464. The number of ether oxygens (including phenoxy) is 2. The molecule has 0 aromatic heterocycles. The molecule has 0 saturated carbocycles. The third-order valence-corrected chi connectivity index (χ3v) is 15.2. The fourth-order valence-corrected chi connectivity index (χ4v) is 13.2. The molecule has 0 unspecified atom stereocenters. The van der Waals surface area contributed by atoms with Crippen LogP contribution in [0.5, 0.6) is 23.0 Å². The predicted octanol–water partition coefficient (Wildman–Crippen LogP) is 8.31. The maximum atomic E-state index is 6.92. The van der Waals surface area contributed by atoms with E-state index in [-0.39, 0.29) is 5.41 Å². The monoisotopic (exact) mass is 613 g/mol. The van der Waals surface area contributed by atoms with Crippen LogP contribution in [0.25, 0.3) is 0 Å². The highest BCUT2D eigenvalue weighted by atomic mass is 28.3. The molecule has 3 aliphatic heterocycles. The molecule has 46 heavy (non-hydrogen) atoms. The van der Waals surface area contributed by atoms with Gasteiger partial charge in [0.15, 0.2) is 8.07 Å². The Bertz CT molecular complexity index is 2110. The quantitative estimate of drug-likeness (QED) is 0.183. The molecule has 0 N–H and O–H groups in total. The predicted molar refractivity (Wildman–Crippen MR) is 191 cm³/mol. The molecule has 0 aliphatic carbocycles. The van der Waals surface area contributed by atoms with E-state index < -0.39 is 8.07 Å². The van der Waals surface area contributed by atoms with Crippen molar-refractivity contribution in [3.63, 3.8) is 0 Å². The van der Waals surface area contributed by atoms with Gasteiger partial charge in [0.05, 0.1) is 17.1 Å². The summed E-state index contributed by atoms with van der Waals surface area (Å²) in [6.45, 7) is 11.2. The van der Waals surface area contributed by atoms with Gasteiger partial charge in [0, 0.05) is 22.7 Å². The molecule has 0 spiro atoms. The summed E-state index contributed by atoms with van der Waals surface area (Å²) < 4.78 is 13.8. The van der Waals surface area contributed by atoms with Gasteiger partial charge in [-0.2, -0.15) is 0 Å². The van der Waals surface area contributed by atoms with Gasteiger partial charge >= 0.3 is 0 Å². The average Bonchev–Trinajstić information content (AvgIpc) is 3.05. The van der Waals surface area contributed by atoms with Crippen molar-refractivity contribution in [2.24, 2.45) is 0 Å². The number of nitrogens with zero attached hydrogens (tertiary/aromatic N) is 1. The Hall–Kier alpha value is -5.06. The normalized spacial score (nSPS) is 15.7. The van der Waals surface area contributed by atoms with Gasteiger partial charge in [-0.1, -0.05) is 115 Å². The molecule has 9 rings (SSSR count). The molecular formula is C42H35NO2Si. The molecule has 0 saturated heterocycles. The second-order valence-corrected chi connectivity index (χ2v) is 17.3. The fraction of sp³-hybridized carbons (Fsp3) is 0.143. The molecule has 3 aliphatic rings. The molecule has 4 heteroatoms. The fourth-order valence-electron chi connectivity index (χ4n) is 8.12. The summed E-state index contributed by atoms with van der Waals surface area (Å²) >= 11 is 0. The van der Waals surface area contributed by atoms with Crippen LogP contribution in [0, 0.1) is 20.8 Å². The first-order chi connectivity index (χ1) is 22.3. The number of para-hydroxylation sites is 2. The summed E-state index contributed by atoms with van der Waals surface area (Å²) in [6, 6.07) is 44.6. The van der Waals surface area contributed by atoms with Crippen LogP contribution in [0.1, 0.15) is 41.7 Å². The standard InChI is InChI=1S/C42H35NO2Si/c1-26-14-18-30(19-15-26)46-39-12-8-6-10-35(39)44-37-24-29(25-38(41(37)46)45-36-11-7-9-13-40(36)46)43-33-20-16-27(2)22-31(33)42(4,5)32-23-28(3)17-21-34(32)43/h6-25H,1-5H3. The lowest BCUT2D eigenvalue weighted by atomic mass is 9.72. The van der Waals surface area contributed by atoms with Gasteiger partial charge in [-0.05, 0) is 71.7 Å². The molecule has 0 radical (unpaired) electrons. The van der Waals surface area contributed by atoms with Crippen LogP contribution in [0.2, 0.25) is 0 Å². The van der Waals surface area contributed by atoms with Crippen molar-refractivity contribution < 1.29 is 9.47 Å². The number of anilines is 3. The molecule has 224 valence electrons. The minimum atomic E-state index is -2.80. The van der Waals surface area contributed by atoms with Crippen LogP contribution in [-0.2, 0) is 5.41 Å². The van der Waals surface area contributed by atoms with E-state index in [1.807, 2.05) is 0 Å². The van der Waals surface area contributed by atoms with Crippen LogP contribution in [0.3, 0.4) is 0 Å². The van der Waals surface area contributed by atoms with Crippen molar-refractivity contribution in [1.29, 1.82) is 0 Å². The Morgan fingerprint density at radius 3 is 1.52 bits per heavy atom. The highest BCUT2D eigenvalue weighted by molar-refractivity contribution is 7.21. The lowest BCUT2D eigenvalue weighted by Gasteiger charge is -2.45. The molecule has 0 fully saturated rings. The van der Waals surface area contributed by atoms with Gasteiger partial charge in [-0.25, -0.2) is 0 Å². The zero-order valence-corrected chi connectivity index (χ0v) is 27.8. The van der Waals surface area contributed by atoms with Gasteiger partial charge in [-0.3, -0.25) is 0 Å². The minimum Gasteiger partial charge on any atom is -0.457 e. The molecule has 0 atom stereocenters. The molecule has 3 nitrogen and oxygen atoms in total. The SMILES string of the molecule is Cc1ccc([Si]23c4ccccc4Oc4cc(N5c6ccc(C)cc6C(C)(C)c6cc(C)ccc65)cc(c42)Oc2ccccc23)cc1. The van der Waals surface area contributed by atoms with Crippen molar-refractivity contribution in [1.82, 2.24) is 0 Å². The Kier molecular flexibility index (Phi) is 5.62. The largest absolute Gasteiger partial charge is 0.457 e. The second-order valence-electron chi connectivity index (χ2n) is 13.6. The molecule has 0 bridgehead atoms. The van der Waals surface area contributed by atoms with Crippen molar-refractivity contribution >= 4 is 45.9 Å². The van der Waals surface area contributed by atoms with E-state index in [0.29, 0.717) is 0 Å². The van der Waals surface area contributed by atoms with Crippen LogP contribution in [-0.4, -0.2) is 8.07 Å². The lowest BCUT2D eigenvalue weighted by Crippen LogP contribution is -2.77. The van der Waals surface area contributed by atoms with Crippen LogP contribution in [0.15, 0.2) is 121 Å². The Labute approximate surface area is 271 Å². The molecule has 0 amide bonds. The van der Waals surface area contributed by atoms with Crippen molar-refractivity contribution in [2.75, 3.05) is 4.90 Å². The number of hydrogen-bond acceptors (Lipinski definition) is 3. The zero-order chi connectivity index (χ0) is 31.4. The van der Waals surface area contributed by atoms with Gasteiger partial charge < -0.3 is 14.4 Å². The van der Waals surface area contributed by atoms with Crippen molar-refractivity contribution in [3.05, 3.63) is 149 Å². The van der Waals surface area contributed by atoms with Gasteiger partial charge in [-0.15, -0.1) is 0 Å². The number of aryl methyl sites for hydroxylation is 3. The van der Waals surface area contributed by atoms with Gasteiger partial charge in [0.25, 0.3) is 0 Å². The summed E-state index contributed by atoms with van der Waals surface area (Å²) in [4.78, 5) is 2.41. The molecule has 6 aromatic rings. The summed E-state index contributed by atoms with van der Waals surface area (Å²) in [5.74, 6) is 3.60. The summed E-state index contributed by atoms with van der Waals surface area (Å²) in [5.41, 5.74) is 9.67. The maximum absolute atomic E-state index is 6.92. The minimum absolute atomic E-state index is 0.153. The number of rotatable bonds is 2. The van der Waals surface area contributed by atoms with Crippen LogP contribution < -0.4 is 35.1 Å². The highest BCUT2D eigenvalue weighted by Crippen LogP contribution is 2.53. The number of fused-ring (bicyclic) bond motifs is 6. The van der Waals surface area contributed by atoms with Crippen molar-refractivity contribution in [3.8, 4) is 23.0 Å². The number of benzene rings is 6. The third kappa shape index (κ3) is 3.59. The Balaban J connectivity index is 1.37. The van der Waals surface area contributed by atoms with Crippen molar-refractivity contribution in [2.45, 2.75) is 40.0 Å². The Morgan fingerprint density at radius 1 is 0.522 bits per heavy atom. The summed E-state index contributed by atoms with van der Waals surface area (Å²) in [6.07, 6.45) is 0. The van der Waals surface area contributed by atoms with E-state index in [1.165, 1.54) is 59.9 Å². The smallest absolute Gasteiger partial charge is 0.197 e. The van der Waals surface area contributed by atoms with E-state index in [2.05, 4.69) is 161 Å².